The Kier molecular flexibility index (Phi) is 6.87. The fourth-order valence-electron chi connectivity index (χ4n) is 5.32. The molecule has 1 aromatic heterocycles. The third-order valence-corrected chi connectivity index (χ3v) is 7.46. The minimum absolute atomic E-state index is 0.116. The third kappa shape index (κ3) is 4.74. The van der Waals surface area contributed by atoms with Gasteiger partial charge in [-0.05, 0) is 54.8 Å². The first-order chi connectivity index (χ1) is 18.1. The SMILES string of the molecule is Cc1ncc(NC(=O)c2cccc(C(F)(F)F)c2)cc1-c1ccc2c(c1)N1CCOC[C@@H]1[C@@](CO)(CF)C2. The summed E-state index contributed by atoms with van der Waals surface area (Å²) in [4.78, 5) is 19.2. The smallest absolute Gasteiger partial charge is 0.396 e. The van der Waals surface area contributed by atoms with Crippen LogP contribution >= 0.6 is 0 Å². The van der Waals surface area contributed by atoms with Crippen LogP contribution in [0.15, 0.2) is 54.7 Å². The van der Waals surface area contributed by atoms with Gasteiger partial charge in [0.05, 0.1) is 50.0 Å². The number of anilines is 2. The lowest BCUT2D eigenvalue weighted by Gasteiger charge is -2.51. The predicted molar refractivity (Wildman–Crippen MR) is 135 cm³/mol. The van der Waals surface area contributed by atoms with Crippen LogP contribution in [0.4, 0.5) is 28.9 Å². The Balaban J connectivity index is 1.45. The van der Waals surface area contributed by atoms with E-state index < -0.39 is 29.7 Å². The molecule has 2 aliphatic heterocycles. The number of alkyl halides is 4. The van der Waals surface area contributed by atoms with Crippen molar-refractivity contribution >= 4 is 17.3 Å². The number of nitrogens with zero attached hydrogens (tertiary/aromatic N) is 2. The summed E-state index contributed by atoms with van der Waals surface area (Å²) >= 11 is 0. The molecule has 200 valence electrons. The zero-order valence-electron chi connectivity index (χ0n) is 20.7. The monoisotopic (exact) mass is 529 g/mol. The van der Waals surface area contributed by atoms with Gasteiger partial charge in [-0.25, -0.2) is 0 Å². The second-order valence-corrected chi connectivity index (χ2v) is 9.85. The Morgan fingerprint density at radius 2 is 2.05 bits per heavy atom. The number of benzene rings is 2. The van der Waals surface area contributed by atoms with Crippen LogP contribution in [-0.4, -0.2) is 55.1 Å². The van der Waals surface area contributed by atoms with Crippen LogP contribution in [-0.2, 0) is 17.3 Å². The standard InChI is InChI=1S/C28H27F4N3O3/c1-17-23(11-22(13-33-17)34-26(37)19-3-2-4-21(9-19)28(30,31)32)18-5-6-20-12-27(15-29,16-36)25-14-38-8-7-35(25)24(20)10-18/h2-6,9-11,13,25,36H,7-8,12,14-16H2,1H3,(H,34,37)/t25-,27-/m1/s1. The molecular formula is C28H27F4N3O3. The normalized spacial score (nSPS) is 21.0. The number of aliphatic hydroxyl groups excluding tert-OH is 1. The second kappa shape index (κ2) is 9.99. The molecule has 3 aromatic rings. The van der Waals surface area contributed by atoms with E-state index in [-0.39, 0.29) is 18.2 Å². The van der Waals surface area contributed by atoms with Crippen molar-refractivity contribution in [2.45, 2.75) is 25.6 Å². The van der Waals surface area contributed by atoms with E-state index in [4.69, 9.17) is 4.74 Å². The molecule has 1 fully saturated rings. The zero-order chi connectivity index (χ0) is 27.1. The third-order valence-electron chi connectivity index (χ3n) is 7.46. The number of carbonyl (C=O) groups excluding carboxylic acids is 1. The predicted octanol–water partition coefficient (Wildman–Crippen LogP) is 5.04. The molecule has 3 heterocycles. The topological polar surface area (TPSA) is 74.7 Å². The summed E-state index contributed by atoms with van der Waals surface area (Å²) in [6.07, 6.45) is -2.72. The summed E-state index contributed by atoms with van der Waals surface area (Å²) in [6.45, 7) is 2.26. The molecule has 0 bridgehead atoms. The quantitative estimate of drug-likeness (QED) is 0.453. The van der Waals surface area contributed by atoms with E-state index in [9.17, 15) is 27.5 Å². The van der Waals surface area contributed by atoms with Gasteiger partial charge in [-0.15, -0.1) is 0 Å². The summed E-state index contributed by atoms with van der Waals surface area (Å²) in [5.74, 6) is -0.680. The number of ether oxygens (including phenoxy) is 1. The van der Waals surface area contributed by atoms with Gasteiger partial charge in [0, 0.05) is 34.5 Å². The summed E-state index contributed by atoms with van der Waals surface area (Å²) in [7, 11) is 0. The Morgan fingerprint density at radius 1 is 1.24 bits per heavy atom. The van der Waals surface area contributed by atoms with Crippen molar-refractivity contribution in [3.63, 3.8) is 0 Å². The molecule has 5 rings (SSSR count). The van der Waals surface area contributed by atoms with E-state index in [0.717, 1.165) is 34.5 Å². The van der Waals surface area contributed by atoms with Crippen molar-refractivity contribution in [3.8, 4) is 11.1 Å². The number of aryl methyl sites for hydroxylation is 1. The molecule has 6 nitrogen and oxygen atoms in total. The number of rotatable bonds is 5. The van der Waals surface area contributed by atoms with Crippen molar-refractivity contribution in [1.82, 2.24) is 4.98 Å². The molecule has 2 atom stereocenters. The number of hydrogen-bond acceptors (Lipinski definition) is 5. The molecule has 0 aliphatic carbocycles. The Hall–Kier alpha value is -3.50. The van der Waals surface area contributed by atoms with Gasteiger partial charge in [0.2, 0.25) is 0 Å². The minimum atomic E-state index is -4.55. The molecule has 0 saturated carbocycles. The number of aliphatic hydroxyl groups is 1. The molecule has 1 saturated heterocycles. The van der Waals surface area contributed by atoms with Crippen LogP contribution in [0.5, 0.6) is 0 Å². The highest BCUT2D eigenvalue weighted by molar-refractivity contribution is 6.04. The Bertz CT molecular complexity index is 1360. The van der Waals surface area contributed by atoms with Crippen LogP contribution < -0.4 is 10.2 Å². The van der Waals surface area contributed by atoms with E-state index in [1.165, 1.54) is 18.3 Å². The van der Waals surface area contributed by atoms with Crippen molar-refractivity contribution in [2.24, 2.45) is 5.41 Å². The highest BCUT2D eigenvalue weighted by atomic mass is 19.4. The molecule has 2 N–H and O–H groups in total. The van der Waals surface area contributed by atoms with Gasteiger partial charge < -0.3 is 20.1 Å². The Morgan fingerprint density at radius 3 is 2.79 bits per heavy atom. The van der Waals surface area contributed by atoms with E-state index in [2.05, 4.69) is 15.2 Å². The fraction of sp³-hybridized carbons (Fsp3) is 0.357. The number of pyridine rings is 1. The van der Waals surface area contributed by atoms with Gasteiger partial charge in [-0.2, -0.15) is 13.2 Å². The molecule has 38 heavy (non-hydrogen) atoms. The number of carbonyl (C=O) groups is 1. The average Bonchev–Trinajstić information content (AvgIpc) is 2.93. The number of morpholine rings is 1. The number of hydrogen-bond donors (Lipinski definition) is 2. The maximum Gasteiger partial charge on any atom is 0.416 e. The van der Waals surface area contributed by atoms with Crippen LogP contribution in [0, 0.1) is 12.3 Å². The van der Waals surface area contributed by atoms with Crippen molar-refractivity contribution in [1.29, 1.82) is 0 Å². The summed E-state index contributed by atoms with van der Waals surface area (Å²) in [5, 5.41) is 12.7. The van der Waals surface area contributed by atoms with Gasteiger partial charge in [0.25, 0.3) is 5.91 Å². The van der Waals surface area contributed by atoms with Crippen LogP contribution in [0.25, 0.3) is 11.1 Å². The number of nitrogens with one attached hydrogen (secondary N) is 1. The number of fused-ring (bicyclic) bond motifs is 3. The molecule has 0 radical (unpaired) electrons. The lowest BCUT2D eigenvalue weighted by molar-refractivity contribution is -0.137. The van der Waals surface area contributed by atoms with Crippen molar-refractivity contribution < 1.29 is 32.2 Å². The van der Waals surface area contributed by atoms with E-state index >= 15 is 0 Å². The zero-order valence-corrected chi connectivity index (χ0v) is 20.7. The van der Waals surface area contributed by atoms with Gasteiger partial charge in [0.1, 0.15) is 0 Å². The lowest BCUT2D eigenvalue weighted by atomic mass is 9.72. The van der Waals surface area contributed by atoms with Crippen LogP contribution in [0.2, 0.25) is 0 Å². The van der Waals surface area contributed by atoms with Gasteiger partial charge in [-0.3, -0.25) is 14.2 Å². The van der Waals surface area contributed by atoms with E-state index in [1.54, 1.807) is 6.07 Å². The lowest BCUT2D eigenvalue weighted by Crippen LogP contribution is -2.61. The molecule has 0 spiro atoms. The van der Waals surface area contributed by atoms with E-state index in [0.29, 0.717) is 37.6 Å². The van der Waals surface area contributed by atoms with Gasteiger partial charge in [-0.1, -0.05) is 18.2 Å². The molecule has 10 heteroatoms. The first-order valence-electron chi connectivity index (χ1n) is 12.2. The van der Waals surface area contributed by atoms with Crippen molar-refractivity contribution in [3.05, 3.63) is 77.1 Å². The van der Waals surface area contributed by atoms with Crippen molar-refractivity contribution in [2.75, 3.05) is 43.3 Å². The van der Waals surface area contributed by atoms with E-state index in [1.807, 2.05) is 25.1 Å². The average molecular weight is 530 g/mol. The first-order valence-corrected chi connectivity index (χ1v) is 12.2. The number of amides is 1. The first kappa shape index (κ1) is 26.1. The van der Waals surface area contributed by atoms with Crippen LogP contribution in [0.3, 0.4) is 0 Å². The molecule has 2 aromatic carbocycles. The molecular weight excluding hydrogens is 502 g/mol. The van der Waals surface area contributed by atoms with Crippen LogP contribution in [0.1, 0.15) is 27.2 Å². The minimum Gasteiger partial charge on any atom is -0.396 e. The highest BCUT2D eigenvalue weighted by Crippen LogP contribution is 2.44. The summed E-state index contributed by atoms with van der Waals surface area (Å²) in [6, 6.07) is 11.5. The maximum absolute atomic E-state index is 14.2. The highest BCUT2D eigenvalue weighted by Gasteiger charge is 2.48. The van der Waals surface area contributed by atoms with Gasteiger partial charge >= 0.3 is 6.18 Å². The molecule has 1 amide bonds. The Labute approximate surface area is 217 Å². The summed E-state index contributed by atoms with van der Waals surface area (Å²) < 4.78 is 59.0. The number of halogens is 4. The number of aromatic nitrogens is 1. The summed E-state index contributed by atoms with van der Waals surface area (Å²) in [5.41, 5.74) is 2.52. The molecule has 0 unspecified atom stereocenters. The van der Waals surface area contributed by atoms with Gasteiger partial charge in [0.15, 0.2) is 0 Å². The molecule has 2 aliphatic rings. The largest absolute Gasteiger partial charge is 0.416 e. The maximum atomic E-state index is 14.2. The fourth-order valence-corrected chi connectivity index (χ4v) is 5.32. The second-order valence-electron chi connectivity index (χ2n) is 9.85.